The Hall–Kier alpha value is 0.150. The van der Waals surface area contributed by atoms with E-state index in [1.54, 1.807) is 12.1 Å². The van der Waals surface area contributed by atoms with Crippen molar-refractivity contribution in [1.82, 2.24) is 10.0 Å². The molecule has 19 heavy (non-hydrogen) atoms. The van der Waals surface area contributed by atoms with E-state index in [9.17, 15) is 8.42 Å². The number of nitrogens with one attached hydrogen (secondary N) is 2. The summed E-state index contributed by atoms with van der Waals surface area (Å²) in [6.07, 6.45) is 1.82. The first-order chi connectivity index (χ1) is 8.49. The molecule has 8 heteroatoms. The molecule has 1 aliphatic heterocycles. The third-order valence-corrected chi connectivity index (χ3v) is 5.30. The van der Waals surface area contributed by atoms with Crippen LogP contribution in [0.3, 0.4) is 0 Å². The summed E-state index contributed by atoms with van der Waals surface area (Å²) in [6.45, 7) is 1.60. The van der Waals surface area contributed by atoms with Crippen molar-refractivity contribution in [3.63, 3.8) is 0 Å². The topological polar surface area (TPSA) is 58.2 Å². The molecule has 1 aromatic rings. The van der Waals surface area contributed by atoms with Gasteiger partial charge in [-0.05, 0) is 37.6 Å². The van der Waals surface area contributed by atoms with Crippen LogP contribution in [-0.2, 0) is 10.0 Å². The number of piperidine rings is 1. The quantitative estimate of drug-likeness (QED) is 0.835. The number of rotatable bonds is 3. The number of halogens is 3. The van der Waals surface area contributed by atoms with Crippen molar-refractivity contribution in [3.05, 3.63) is 27.7 Å². The predicted octanol–water partition coefficient (Wildman–Crippen LogP) is 2.55. The van der Waals surface area contributed by atoms with E-state index >= 15 is 0 Å². The van der Waals surface area contributed by atoms with Gasteiger partial charge in [0.25, 0.3) is 0 Å². The van der Waals surface area contributed by atoms with Crippen LogP contribution in [0, 0.1) is 0 Å². The molecule has 0 radical (unpaired) electrons. The van der Waals surface area contributed by atoms with Gasteiger partial charge in [-0.2, -0.15) is 0 Å². The number of sulfonamides is 1. The molecule has 1 aromatic carbocycles. The molecule has 1 atom stereocenters. The Morgan fingerprint density at radius 1 is 1.42 bits per heavy atom. The number of hydrogen-bond donors (Lipinski definition) is 2. The van der Waals surface area contributed by atoms with E-state index in [-0.39, 0.29) is 28.4 Å². The highest BCUT2D eigenvalue weighted by Gasteiger charge is 2.23. The van der Waals surface area contributed by atoms with Crippen LogP contribution in [0.4, 0.5) is 0 Å². The minimum absolute atomic E-state index is 0. The van der Waals surface area contributed by atoms with Crippen molar-refractivity contribution in [3.8, 4) is 0 Å². The lowest BCUT2D eigenvalue weighted by Gasteiger charge is -2.23. The van der Waals surface area contributed by atoms with Crippen molar-refractivity contribution >= 4 is 50.0 Å². The summed E-state index contributed by atoms with van der Waals surface area (Å²) in [5.41, 5.74) is 0. The summed E-state index contributed by atoms with van der Waals surface area (Å²) in [5, 5.41) is 3.40. The molecule has 0 aromatic heterocycles. The molecule has 1 unspecified atom stereocenters. The monoisotopic (exact) mass is 388 g/mol. The Labute approximate surface area is 132 Å². The summed E-state index contributed by atoms with van der Waals surface area (Å²) in [7, 11) is -3.57. The van der Waals surface area contributed by atoms with Crippen molar-refractivity contribution in [1.29, 1.82) is 0 Å². The van der Waals surface area contributed by atoms with Gasteiger partial charge in [0, 0.05) is 17.1 Å². The maximum absolute atomic E-state index is 12.2. The van der Waals surface area contributed by atoms with Crippen LogP contribution in [0.1, 0.15) is 12.8 Å². The Morgan fingerprint density at radius 2 is 2.16 bits per heavy atom. The van der Waals surface area contributed by atoms with Crippen LogP contribution in [-0.4, -0.2) is 27.5 Å². The van der Waals surface area contributed by atoms with E-state index in [1.807, 2.05) is 0 Å². The molecule has 0 bridgehead atoms. The van der Waals surface area contributed by atoms with Gasteiger partial charge in [-0.15, -0.1) is 12.4 Å². The number of hydrogen-bond acceptors (Lipinski definition) is 3. The minimum atomic E-state index is -3.57. The summed E-state index contributed by atoms with van der Waals surface area (Å²) >= 11 is 9.19. The second-order valence-electron chi connectivity index (χ2n) is 4.24. The normalized spacial score (nSPS) is 19.8. The van der Waals surface area contributed by atoms with Gasteiger partial charge in [0.2, 0.25) is 10.0 Å². The van der Waals surface area contributed by atoms with Crippen molar-refractivity contribution in [2.75, 3.05) is 13.1 Å². The van der Waals surface area contributed by atoms with E-state index in [0.29, 0.717) is 11.0 Å². The molecule has 2 rings (SSSR count). The standard InChI is InChI=1S/C11H14BrClN2O2S.ClH/c12-8-3-4-10(13)11(6-8)18(16,17)15-9-2-1-5-14-7-9;/h3-4,6,9,14-15H,1-2,5,7H2;1H. The van der Waals surface area contributed by atoms with Crippen LogP contribution in [0.25, 0.3) is 0 Å². The molecule has 1 fully saturated rings. The number of benzene rings is 1. The molecule has 1 saturated heterocycles. The molecule has 4 nitrogen and oxygen atoms in total. The van der Waals surface area contributed by atoms with Gasteiger partial charge in [-0.25, -0.2) is 13.1 Å². The van der Waals surface area contributed by atoms with Gasteiger partial charge in [-0.1, -0.05) is 27.5 Å². The first-order valence-electron chi connectivity index (χ1n) is 5.67. The zero-order valence-electron chi connectivity index (χ0n) is 10.0. The van der Waals surface area contributed by atoms with Crippen LogP contribution < -0.4 is 10.0 Å². The molecule has 0 amide bonds. The van der Waals surface area contributed by atoms with Crippen molar-refractivity contribution < 1.29 is 8.42 Å². The average Bonchev–Trinajstić information content (AvgIpc) is 2.33. The minimum Gasteiger partial charge on any atom is -0.315 e. The van der Waals surface area contributed by atoms with Gasteiger partial charge in [0.05, 0.1) is 5.02 Å². The molecule has 1 aliphatic rings. The third-order valence-electron chi connectivity index (χ3n) is 2.80. The average molecular weight is 390 g/mol. The van der Waals surface area contributed by atoms with Gasteiger partial charge in [-0.3, -0.25) is 0 Å². The highest BCUT2D eigenvalue weighted by Crippen LogP contribution is 2.25. The molecule has 0 saturated carbocycles. The van der Waals surface area contributed by atoms with Gasteiger partial charge in [0.15, 0.2) is 0 Å². The molecule has 1 heterocycles. The van der Waals surface area contributed by atoms with Crippen LogP contribution >= 0.6 is 39.9 Å². The lowest BCUT2D eigenvalue weighted by molar-refractivity contribution is 0.428. The molecule has 2 N–H and O–H groups in total. The Bertz CT molecular complexity index is 533. The second kappa shape index (κ2) is 7.24. The Kier molecular flexibility index (Phi) is 6.56. The lowest BCUT2D eigenvalue weighted by atomic mass is 10.1. The summed E-state index contributed by atoms with van der Waals surface area (Å²) in [5.74, 6) is 0. The summed E-state index contributed by atoms with van der Waals surface area (Å²) in [6, 6.07) is 4.72. The van der Waals surface area contributed by atoms with Crippen molar-refractivity contribution in [2.24, 2.45) is 0 Å². The second-order valence-corrected chi connectivity index (χ2v) is 7.24. The molecule has 0 spiro atoms. The summed E-state index contributed by atoms with van der Waals surface area (Å²) < 4.78 is 27.8. The Morgan fingerprint density at radius 3 is 2.79 bits per heavy atom. The maximum Gasteiger partial charge on any atom is 0.242 e. The van der Waals surface area contributed by atoms with Gasteiger partial charge < -0.3 is 5.32 Å². The van der Waals surface area contributed by atoms with Crippen LogP contribution in [0.15, 0.2) is 27.6 Å². The van der Waals surface area contributed by atoms with E-state index in [2.05, 4.69) is 26.0 Å². The van der Waals surface area contributed by atoms with Crippen molar-refractivity contribution in [2.45, 2.75) is 23.8 Å². The smallest absolute Gasteiger partial charge is 0.242 e. The molecular weight excluding hydrogens is 375 g/mol. The molecular formula is C11H15BrCl2N2O2S. The highest BCUT2D eigenvalue weighted by molar-refractivity contribution is 9.10. The molecule has 108 valence electrons. The first-order valence-corrected chi connectivity index (χ1v) is 8.32. The SMILES string of the molecule is Cl.O=S(=O)(NC1CCCNC1)c1cc(Br)ccc1Cl. The fourth-order valence-electron chi connectivity index (χ4n) is 1.92. The fraction of sp³-hybridized carbons (Fsp3) is 0.455. The van der Waals surface area contributed by atoms with Crippen LogP contribution in [0.2, 0.25) is 5.02 Å². The first kappa shape index (κ1) is 17.2. The third kappa shape index (κ3) is 4.58. The molecule has 0 aliphatic carbocycles. The fourth-order valence-corrected chi connectivity index (χ4v) is 4.23. The van der Waals surface area contributed by atoms with E-state index in [4.69, 9.17) is 11.6 Å². The Balaban J connectivity index is 0.00000180. The van der Waals surface area contributed by atoms with Crippen LogP contribution in [0.5, 0.6) is 0 Å². The lowest BCUT2D eigenvalue weighted by Crippen LogP contribution is -2.45. The highest BCUT2D eigenvalue weighted by atomic mass is 79.9. The van der Waals surface area contributed by atoms with Gasteiger partial charge >= 0.3 is 0 Å². The maximum atomic E-state index is 12.2. The van der Waals surface area contributed by atoms with Gasteiger partial charge in [0.1, 0.15) is 4.90 Å². The largest absolute Gasteiger partial charge is 0.315 e. The zero-order chi connectivity index (χ0) is 13.2. The van der Waals surface area contributed by atoms with E-state index in [0.717, 1.165) is 19.4 Å². The summed E-state index contributed by atoms with van der Waals surface area (Å²) in [4.78, 5) is 0.115. The predicted molar refractivity (Wildman–Crippen MR) is 82.6 cm³/mol. The zero-order valence-corrected chi connectivity index (χ0v) is 14.0. The van der Waals surface area contributed by atoms with E-state index < -0.39 is 10.0 Å². The van der Waals surface area contributed by atoms with E-state index in [1.165, 1.54) is 6.07 Å².